The van der Waals surface area contributed by atoms with Gasteiger partial charge in [-0.3, -0.25) is 4.57 Å². The first-order chi connectivity index (χ1) is 13.3. The van der Waals surface area contributed by atoms with Gasteiger partial charge in [-0.15, -0.1) is 22.8 Å². The van der Waals surface area contributed by atoms with Crippen molar-refractivity contribution in [3.05, 3.63) is 47.2 Å². The third-order valence-electron chi connectivity index (χ3n) is 5.51. The summed E-state index contributed by atoms with van der Waals surface area (Å²) in [6.45, 7) is 6.15. The number of aryl methyl sites for hydroxylation is 3. The Kier molecular flexibility index (Phi) is 4.34. The number of hydrogen-bond acceptors (Lipinski definition) is 5. The van der Waals surface area contributed by atoms with E-state index in [0.717, 1.165) is 22.2 Å². The van der Waals surface area contributed by atoms with Crippen LogP contribution < -0.4 is 0 Å². The molecule has 0 aliphatic rings. The highest BCUT2D eigenvalue weighted by Gasteiger charge is 2.19. The van der Waals surface area contributed by atoms with Gasteiger partial charge in [0, 0.05) is 29.7 Å². The summed E-state index contributed by atoms with van der Waals surface area (Å²) < 4.78 is 3.97. The van der Waals surface area contributed by atoms with Crippen molar-refractivity contribution in [1.82, 2.24) is 19.3 Å². The largest absolute Gasteiger partial charge is 0.508 e. The number of hydrogen-bond donors (Lipinski definition) is 3. The minimum Gasteiger partial charge on any atom is -0.508 e. The van der Waals surface area contributed by atoms with Gasteiger partial charge in [0.2, 0.25) is 0 Å². The number of benzene rings is 2. The van der Waals surface area contributed by atoms with Crippen LogP contribution in [0.1, 0.15) is 23.7 Å². The zero-order chi connectivity index (χ0) is 20.2. The lowest BCUT2D eigenvalue weighted by atomic mass is 10.1. The van der Waals surface area contributed by atoms with Crippen molar-refractivity contribution in [3.63, 3.8) is 0 Å². The summed E-state index contributed by atoms with van der Waals surface area (Å²) >= 11 is 4.48. The fraction of sp³-hybridized carbons (Fsp3) is 0.238. The predicted octanol–water partition coefficient (Wildman–Crippen LogP) is 4.31. The predicted molar refractivity (Wildman–Crippen MR) is 113 cm³/mol. The SMILES string of the molecule is CCc1cc(-c2nnc(S)n2-c2ccc3c(c2)c(C)c(C)n3C)c(O)cc1O. The Balaban J connectivity index is 1.96. The maximum Gasteiger partial charge on any atom is 0.193 e. The van der Waals surface area contributed by atoms with Gasteiger partial charge >= 0.3 is 0 Å². The van der Waals surface area contributed by atoms with Gasteiger partial charge in [-0.25, -0.2) is 0 Å². The molecular formula is C21H22N4O2S. The lowest BCUT2D eigenvalue weighted by Gasteiger charge is -2.12. The first kappa shape index (κ1) is 18.4. The molecule has 7 heteroatoms. The Morgan fingerprint density at radius 1 is 1.04 bits per heavy atom. The van der Waals surface area contributed by atoms with Crippen molar-refractivity contribution in [2.75, 3.05) is 0 Å². The Labute approximate surface area is 168 Å². The van der Waals surface area contributed by atoms with Gasteiger partial charge in [0.1, 0.15) is 11.5 Å². The van der Waals surface area contributed by atoms with E-state index in [1.54, 1.807) is 10.6 Å². The van der Waals surface area contributed by atoms with Crippen LogP contribution >= 0.6 is 12.6 Å². The van der Waals surface area contributed by atoms with Crippen LogP contribution in [0.25, 0.3) is 28.0 Å². The number of aromatic nitrogens is 4. The second kappa shape index (κ2) is 6.60. The van der Waals surface area contributed by atoms with Crippen LogP contribution in [0.2, 0.25) is 0 Å². The van der Waals surface area contributed by atoms with Gasteiger partial charge in [0.25, 0.3) is 0 Å². The van der Waals surface area contributed by atoms with Crippen molar-refractivity contribution in [2.45, 2.75) is 32.3 Å². The minimum atomic E-state index is -0.0514. The summed E-state index contributed by atoms with van der Waals surface area (Å²) in [5, 5.41) is 30.4. The minimum absolute atomic E-state index is 0.0514. The molecule has 0 atom stereocenters. The van der Waals surface area contributed by atoms with Crippen molar-refractivity contribution >= 4 is 23.5 Å². The summed E-state index contributed by atoms with van der Waals surface area (Å²) in [6.07, 6.45) is 0.634. The van der Waals surface area contributed by atoms with Gasteiger partial charge in [-0.05, 0) is 55.7 Å². The fourth-order valence-corrected chi connectivity index (χ4v) is 3.91. The number of nitrogens with zero attached hydrogens (tertiary/aromatic N) is 4. The lowest BCUT2D eigenvalue weighted by molar-refractivity contribution is 0.447. The zero-order valence-corrected chi connectivity index (χ0v) is 17.1. The standard InChI is InChI=1S/C21H22N4O2S/c1-5-13-8-16(19(27)10-18(13)26)20-22-23-21(28)25(20)14-6-7-17-15(9-14)11(2)12(3)24(17)4/h6-10,26-27H,5H2,1-4H3,(H,23,28). The van der Waals surface area contributed by atoms with Gasteiger partial charge in [-0.2, -0.15) is 0 Å². The Bertz CT molecular complexity index is 1220. The van der Waals surface area contributed by atoms with Gasteiger partial charge < -0.3 is 14.8 Å². The molecule has 0 saturated heterocycles. The second-order valence-corrected chi connectivity index (χ2v) is 7.38. The third-order valence-corrected chi connectivity index (χ3v) is 5.80. The Morgan fingerprint density at radius 2 is 1.79 bits per heavy atom. The highest BCUT2D eigenvalue weighted by Crippen LogP contribution is 2.37. The van der Waals surface area contributed by atoms with Crippen LogP contribution in [0, 0.1) is 13.8 Å². The van der Waals surface area contributed by atoms with Crippen LogP contribution in [0.15, 0.2) is 35.5 Å². The number of aromatic hydroxyl groups is 2. The van der Waals surface area contributed by atoms with E-state index >= 15 is 0 Å². The van der Waals surface area contributed by atoms with Gasteiger partial charge in [0.15, 0.2) is 11.0 Å². The third kappa shape index (κ3) is 2.65. The highest BCUT2D eigenvalue weighted by molar-refractivity contribution is 7.80. The second-order valence-electron chi connectivity index (χ2n) is 6.98. The van der Waals surface area contributed by atoms with Crippen LogP contribution in [0.3, 0.4) is 0 Å². The number of rotatable bonds is 3. The molecule has 0 fully saturated rings. The number of fused-ring (bicyclic) bond motifs is 1. The Morgan fingerprint density at radius 3 is 2.50 bits per heavy atom. The molecule has 0 radical (unpaired) electrons. The summed E-state index contributed by atoms with van der Waals surface area (Å²) in [6, 6.07) is 9.23. The van der Waals surface area contributed by atoms with E-state index in [1.165, 1.54) is 17.3 Å². The number of phenolic OH excluding ortho intramolecular Hbond substituents is 2. The fourth-order valence-electron chi connectivity index (χ4n) is 3.66. The average molecular weight is 395 g/mol. The van der Waals surface area contributed by atoms with Crippen molar-refractivity contribution in [3.8, 4) is 28.6 Å². The topological polar surface area (TPSA) is 76.1 Å². The molecule has 2 heterocycles. The molecule has 0 amide bonds. The molecule has 144 valence electrons. The maximum absolute atomic E-state index is 10.4. The smallest absolute Gasteiger partial charge is 0.193 e. The molecule has 0 unspecified atom stereocenters. The Hall–Kier alpha value is -2.93. The van der Waals surface area contributed by atoms with Gasteiger partial charge in [0.05, 0.1) is 11.3 Å². The average Bonchev–Trinajstić information content (AvgIpc) is 3.15. The molecule has 0 aliphatic heterocycles. The molecule has 28 heavy (non-hydrogen) atoms. The molecule has 6 nitrogen and oxygen atoms in total. The first-order valence-corrected chi connectivity index (χ1v) is 9.53. The molecule has 4 aromatic rings. The van der Waals surface area contributed by atoms with E-state index in [4.69, 9.17) is 0 Å². The maximum atomic E-state index is 10.4. The van der Waals surface area contributed by atoms with Crippen molar-refractivity contribution in [2.24, 2.45) is 7.05 Å². The summed E-state index contributed by atoms with van der Waals surface area (Å²) in [4.78, 5) is 0. The highest BCUT2D eigenvalue weighted by atomic mass is 32.1. The van der Waals surface area contributed by atoms with E-state index in [1.807, 2.05) is 13.0 Å². The van der Waals surface area contributed by atoms with E-state index in [9.17, 15) is 10.2 Å². The van der Waals surface area contributed by atoms with E-state index in [0.29, 0.717) is 23.0 Å². The van der Waals surface area contributed by atoms with E-state index in [-0.39, 0.29) is 11.5 Å². The zero-order valence-electron chi connectivity index (χ0n) is 16.2. The molecule has 0 saturated carbocycles. The van der Waals surface area contributed by atoms with Crippen LogP contribution in [0.5, 0.6) is 11.5 Å². The molecule has 4 rings (SSSR count). The van der Waals surface area contributed by atoms with Crippen molar-refractivity contribution in [1.29, 1.82) is 0 Å². The monoisotopic (exact) mass is 394 g/mol. The van der Waals surface area contributed by atoms with Gasteiger partial charge in [-0.1, -0.05) is 6.92 Å². The molecular weight excluding hydrogens is 372 g/mol. The number of thiol groups is 1. The summed E-state index contributed by atoms with van der Waals surface area (Å²) in [5.41, 5.74) is 5.67. The van der Waals surface area contributed by atoms with Crippen LogP contribution in [-0.2, 0) is 13.5 Å². The molecule has 2 aromatic carbocycles. The molecule has 0 spiro atoms. The van der Waals surface area contributed by atoms with E-state index < -0.39 is 0 Å². The normalized spacial score (nSPS) is 11.5. The van der Waals surface area contributed by atoms with Crippen LogP contribution in [0.4, 0.5) is 0 Å². The quantitative estimate of drug-likeness (QED) is 0.453. The van der Waals surface area contributed by atoms with Crippen molar-refractivity contribution < 1.29 is 10.2 Å². The van der Waals surface area contributed by atoms with Crippen LogP contribution in [-0.4, -0.2) is 29.5 Å². The summed E-state index contributed by atoms with van der Waals surface area (Å²) in [7, 11) is 2.05. The summed E-state index contributed by atoms with van der Waals surface area (Å²) in [5.74, 6) is 0.490. The lowest BCUT2D eigenvalue weighted by Crippen LogP contribution is -1.99. The molecule has 0 aliphatic carbocycles. The number of phenols is 2. The molecule has 2 N–H and O–H groups in total. The molecule has 0 bridgehead atoms. The van der Waals surface area contributed by atoms with E-state index in [2.05, 4.69) is 60.4 Å². The molecule has 2 aromatic heterocycles. The first-order valence-electron chi connectivity index (χ1n) is 9.09.